The van der Waals surface area contributed by atoms with Crippen molar-refractivity contribution in [2.24, 2.45) is 16.7 Å². The molecule has 30 heavy (non-hydrogen) atoms. The third-order valence-electron chi connectivity index (χ3n) is 7.69. The SMILES string of the molecule is CN(C)C(=O)[C@@]12CCC3(CCN(C(=O)c4ccccc4)CC3)[C@@H]1CN(S(C)(=O)=O)C2. The molecule has 2 saturated heterocycles. The first-order valence-corrected chi connectivity index (χ1v) is 12.5. The third kappa shape index (κ3) is 3.34. The van der Waals surface area contributed by atoms with Gasteiger partial charge in [-0.05, 0) is 49.1 Å². The number of rotatable bonds is 3. The van der Waals surface area contributed by atoms with Crippen molar-refractivity contribution >= 4 is 21.8 Å². The van der Waals surface area contributed by atoms with E-state index in [0.717, 1.165) is 19.3 Å². The number of sulfonamides is 1. The first-order chi connectivity index (χ1) is 14.1. The second kappa shape index (κ2) is 7.34. The van der Waals surface area contributed by atoms with Crippen LogP contribution in [0.5, 0.6) is 0 Å². The molecule has 164 valence electrons. The Balaban J connectivity index is 1.57. The summed E-state index contributed by atoms with van der Waals surface area (Å²) in [6, 6.07) is 9.31. The first kappa shape index (κ1) is 21.3. The summed E-state index contributed by atoms with van der Waals surface area (Å²) in [4.78, 5) is 29.6. The van der Waals surface area contributed by atoms with E-state index in [2.05, 4.69) is 0 Å². The Hall–Kier alpha value is -1.93. The molecular formula is C22H31N3O4S. The Morgan fingerprint density at radius 1 is 1.03 bits per heavy atom. The molecule has 1 aromatic carbocycles. The quantitative estimate of drug-likeness (QED) is 0.727. The van der Waals surface area contributed by atoms with Crippen molar-refractivity contribution in [3.05, 3.63) is 35.9 Å². The average molecular weight is 434 g/mol. The van der Waals surface area contributed by atoms with Crippen LogP contribution in [0.25, 0.3) is 0 Å². The second-order valence-electron chi connectivity index (χ2n) is 9.48. The topological polar surface area (TPSA) is 78.0 Å². The number of likely N-dealkylation sites (tertiary alicyclic amines) is 1. The van der Waals surface area contributed by atoms with Crippen LogP contribution < -0.4 is 0 Å². The van der Waals surface area contributed by atoms with E-state index in [-0.39, 0.29) is 29.7 Å². The number of fused-ring (bicyclic) bond motifs is 2. The molecule has 2 aliphatic heterocycles. The van der Waals surface area contributed by atoms with Crippen LogP contribution in [0.15, 0.2) is 30.3 Å². The molecular weight excluding hydrogens is 402 g/mol. The lowest BCUT2D eigenvalue weighted by Crippen LogP contribution is -2.49. The Bertz CT molecular complexity index is 938. The number of benzene rings is 1. The van der Waals surface area contributed by atoms with Gasteiger partial charge >= 0.3 is 0 Å². The van der Waals surface area contributed by atoms with Crippen LogP contribution in [0.1, 0.15) is 36.0 Å². The highest BCUT2D eigenvalue weighted by molar-refractivity contribution is 7.88. The lowest BCUT2D eigenvalue weighted by molar-refractivity contribution is -0.141. The fourth-order valence-electron chi connectivity index (χ4n) is 6.09. The fraction of sp³-hybridized carbons (Fsp3) is 0.636. The molecule has 0 aromatic heterocycles. The van der Waals surface area contributed by atoms with E-state index in [0.29, 0.717) is 31.6 Å². The van der Waals surface area contributed by atoms with Gasteiger partial charge < -0.3 is 9.80 Å². The molecule has 7 nitrogen and oxygen atoms in total. The van der Waals surface area contributed by atoms with Gasteiger partial charge in [-0.1, -0.05) is 18.2 Å². The summed E-state index contributed by atoms with van der Waals surface area (Å²) < 4.78 is 26.1. The van der Waals surface area contributed by atoms with Crippen LogP contribution in [-0.2, 0) is 14.8 Å². The maximum Gasteiger partial charge on any atom is 0.253 e. The van der Waals surface area contributed by atoms with Gasteiger partial charge in [0.2, 0.25) is 15.9 Å². The van der Waals surface area contributed by atoms with Crippen molar-refractivity contribution in [3.63, 3.8) is 0 Å². The highest BCUT2D eigenvalue weighted by atomic mass is 32.2. The molecule has 0 unspecified atom stereocenters. The minimum atomic E-state index is -3.36. The van der Waals surface area contributed by atoms with E-state index in [9.17, 15) is 18.0 Å². The maximum atomic E-state index is 13.2. The van der Waals surface area contributed by atoms with Crippen molar-refractivity contribution in [1.82, 2.24) is 14.1 Å². The molecule has 1 spiro atoms. The second-order valence-corrected chi connectivity index (χ2v) is 11.5. The molecule has 3 fully saturated rings. The van der Waals surface area contributed by atoms with E-state index in [1.165, 1.54) is 10.6 Å². The van der Waals surface area contributed by atoms with Crippen molar-refractivity contribution < 1.29 is 18.0 Å². The van der Waals surface area contributed by atoms with E-state index in [4.69, 9.17) is 0 Å². The Morgan fingerprint density at radius 2 is 1.67 bits per heavy atom. The van der Waals surface area contributed by atoms with Crippen LogP contribution >= 0.6 is 0 Å². The zero-order chi connectivity index (χ0) is 21.7. The summed E-state index contributed by atoms with van der Waals surface area (Å²) in [5.41, 5.74) is -0.0299. The third-order valence-corrected chi connectivity index (χ3v) is 8.90. The summed E-state index contributed by atoms with van der Waals surface area (Å²) in [6.07, 6.45) is 4.50. The van der Waals surface area contributed by atoms with Crippen LogP contribution in [-0.4, -0.2) is 80.9 Å². The molecule has 0 radical (unpaired) electrons. The fourth-order valence-corrected chi connectivity index (χ4v) is 6.97. The van der Waals surface area contributed by atoms with Gasteiger partial charge in [-0.25, -0.2) is 12.7 Å². The van der Waals surface area contributed by atoms with Gasteiger partial charge in [0.25, 0.3) is 5.91 Å². The Morgan fingerprint density at radius 3 is 2.23 bits per heavy atom. The van der Waals surface area contributed by atoms with E-state index < -0.39 is 15.4 Å². The lowest BCUT2D eigenvalue weighted by atomic mass is 9.65. The molecule has 3 aliphatic rings. The molecule has 2 atom stereocenters. The zero-order valence-corrected chi connectivity index (χ0v) is 18.8. The van der Waals surface area contributed by atoms with Crippen molar-refractivity contribution in [2.45, 2.75) is 25.7 Å². The van der Waals surface area contributed by atoms with Gasteiger partial charge in [-0.15, -0.1) is 0 Å². The number of piperidine rings is 1. The summed E-state index contributed by atoms with van der Waals surface area (Å²) in [5, 5.41) is 0. The lowest BCUT2D eigenvalue weighted by Gasteiger charge is -2.44. The van der Waals surface area contributed by atoms with Crippen molar-refractivity contribution in [3.8, 4) is 0 Å². The van der Waals surface area contributed by atoms with Crippen molar-refractivity contribution in [2.75, 3.05) is 46.5 Å². The minimum Gasteiger partial charge on any atom is -0.348 e. The smallest absolute Gasteiger partial charge is 0.253 e. The van der Waals surface area contributed by atoms with Crippen LogP contribution in [0.3, 0.4) is 0 Å². The highest BCUT2D eigenvalue weighted by Gasteiger charge is 2.65. The summed E-state index contributed by atoms with van der Waals surface area (Å²) in [5.74, 6) is 0.0881. The molecule has 4 rings (SSSR count). The summed E-state index contributed by atoms with van der Waals surface area (Å²) >= 11 is 0. The molecule has 2 amide bonds. The normalized spacial score (nSPS) is 28.5. The van der Waals surface area contributed by atoms with E-state index >= 15 is 0 Å². The average Bonchev–Trinajstić information content (AvgIpc) is 3.26. The number of carbonyl (C=O) groups excluding carboxylic acids is 2. The Kier molecular flexibility index (Phi) is 5.21. The number of hydrogen-bond acceptors (Lipinski definition) is 4. The van der Waals surface area contributed by atoms with Crippen LogP contribution in [0.2, 0.25) is 0 Å². The predicted molar refractivity (Wildman–Crippen MR) is 114 cm³/mol. The molecule has 1 aromatic rings. The largest absolute Gasteiger partial charge is 0.348 e. The zero-order valence-electron chi connectivity index (χ0n) is 18.0. The van der Waals surface area contributed by atoms with Crippen LogP contribution in [0.4, 0.5) is 0 Å². The number of carbonyl (C=O) groups is 2. The monoisotopic (exact) mass is 433 g/mol. The number of amides is 2. The highest BCUT2D eigenvalue weighted by Crippen LogP contribution is 2.62. The van der Waals surface area contributed by atoms with Gasteiger partial charge in [0, 0.05) is 45.8 Å². The van der Waals surface area contributed by atoms with Gasteiger partial charge in [0.15, 0.2) is 0 Å². The molecule has 1 saturated carbocycles. The molecule has 0 bridgehead atoms. The molecule has 2 heterocycles. The van der Waals surface area contributed by atoms with Gasteiger partial charge in [-0.3, -0.25) is 9.59 Å². The van der Waals surface area contributed by atoms with Crippen molar-refractivity contribution in [1.29, 1.82) is 0 Å². The number of nitrogens with zero attached hydrogens (tertiary/aromatic N) is 3. The molecule has 0 N–H and O–H groups in total. The van der Waals surface area contributed by atoms with E-state index in [1.807, 2.05) is 35.2 Å². The molecule has 8 heteroatoms. The maximum absolute atomic E-state index is 13.2. The van der Waals surface area contributed by atoms with Crippen LogP contribution in [0, 0.1) is 16.7 Å². The van der Waals surface area contributed by atoms with Gasteiger partial charge in [-0.2, -0.15) is 0 Å². The molecule has 1 aliphatic carbocycles. The predicted octanol–water partition coefficient (Wildman–Crippen LogP) is 1.67. The number of hydrogen-bond donors (Lipinski definition) is 0. The standard InChI is InChI=1S/C22H31N3O4S/c1-23(2)20(27)22-10-9-21(18(22)15-25(16-22)30(3,28)29)11-13-24(14-12-21)19(26)17-7-5-4-6-8-17/h4-8,18H,9-16H2,1-3H3/t18-,22+/m0/s1. The van der Waals surface area contributed by atoms with E-state index in [1.54, 1.807) is 19.0 Å². The summed E-state index contributed by atoms with van der Waals surface area (Å²) in [6.45, 7) is 1.98. The summed E-state index contributed by atoms with van der Waals surface area (Å²) in [7, 11) is 0.147. The minimum absolute atomic E-state index is 0.00334. The Labute approximate surface area is 179 Å². The van der Waals surface area contributed by atoms with Gasteiger partial charge in [0.1, 0.15) is 0 Å². The first-order valence-electron chi connectivity index (χ1n) is 10.6. The van der Waals surface area contributed by atoms with Gasteiger partial charge in [0.05, 0.1) is 11.7 Å².